The predicted molar refractivity (Wildman–Crippen MR) is 74.4 cm³/mol. The van der Waals surface area contributed by atoms with E-state index in [0.29, 0.717) is 11.6 Å². The van der Waals surface area contributed by atoms with E-state index < -0.39 is 17.4 Å². The van der Waals surface area contributed by atoms with Gasteiger partial charge >= 0.3 is 6.18 Å². The second kappa shape index (κ2) is 6.20. The largest absolute Gasteiger partial charge is 0.433 e. The number of aromatic amines is 1. The molecule has 0 aliphatic rings. The Hall–Kier alpha value is -2.97. The number of alkyl halides is 3. The minimum Gasteiger partial charge on any atom is -0.398 e. The van der Waals surface area contributed by atoms with Gasteiger partial charge in [-0.1, -0.05) is 0 Å². The fourth-order valence-corrected chi connectivity index (χ4v) is 1.46. The van der Waals surface area contributed by atoms with Crippen molar-refractivity contribution in [3.63, 3.8) is 0 Å². The zero-order valence-corrected chi connectivity index (χ0v) is 11.0. The predicted octanol–water partition coefficient (Wildman–Crippen LogP) is 1.80. The number of pyridine rings is 1. The van der Waals surface area contributed by atoms with Crippen molar-refractivity contribution in [3.8, 4) is 0 Å². The third kappa shape index (κ3) is 4.01. The molecule has 2 aromatic heterocycles. The smallest absolute Gasteiger partial charge is 0.398 e. The van der Waals surface area contributed by atoms with E-state index in [-0.39, 0.29) is 11.5 Å². The molecule has 3 N–H and O–H groups in total. The first-order valence-electron chi connectivity index (χ1n) is 5.95. The molecular formula is C13H10F3N5O. The molecule has 22 heavy (non-hydrogen) atoms. The molecule has 0 amide bonds. The summed E-state index contributed by atoms with van der Waals surface area (Å²) in [4.78, 5) is 18.0. The number of nitrogens with one attached hydrogen (secondary N) is 1. The van der Waals surface area contributed by atoms with Gasteiger partial charge in [-0.2, -0.15) is 18.3 Å². The van der Waals surface area contributed by atoms with Crippen LogP contribution in [0.2, 0.25) is 0 Å². The van der Waals surface area contributed by atoms with E-state index in [4.69, 9.17) is 5.73 Å². The molecule has 0 atom stereocenters. The van der Waals surface area contributed by atoms with Crippen molar-refractivity contribution in [3.05, 3.63) is 58.7 Å². The molecule has 0 saturated carbocycles. The lowest BCUT2D eigenvalue weighted by Crippen LogP contribution is -2.22. The maximum atomic E-state index is 13.0. The van der Waals surface area contributed by atoms with Crippen molar-refractivity contribution in [2.45, 2.75) is 6.18 Å². The molecule has 2 heterocycles. The van der Waals surface area contributed by atoms with Crippen molar-refractivity contribution in [1.29, 1.82) is 0 Å². The zero-order valence-electron chi connectivity index (χ0n) is 11.0. The van der Waals surface area contributed by atoms with Crippen LogP contribution in [0.15, 0.2) is 52.5 Å². The molecule has 0 fully saturated rings. The highest BCUT2D eigenvalue weighted by atomic mass is 19.4. The highest BCUT2D eigenvalue weighted by molar-refractivity contribution is 6.05. The number of hydrogen-bond acceptors (Lipinski definition) is 5. The van der Waals surface area contributed by atoms with Crippen LogP contribution in [0.4, 0.5) is 19.0 Å². The molecule has 2 rings (SSSR count). The van der Waals surface area contributed by atoms with Crippen molar-refractivity contribution >= 4 is 17.2 Å². The summed E-state index contributed by atoms with van der Waals surface area (Å²) in [5, 5.41) is 5.40. The van der Waals surface area contributed by atoms with Crippen LogP contribution in [-0.2, 0) is 0 Å². The van der Waals surface area contributed by atoms with Crippen LogP contribution >= 0.6 is 0 Å². The van der Waals surface area contributed by atoms with Gasteiger partial charge in [0.25, 0.3) is 5.56 Å². The number of H-pyrrole nitrogens is 1. The van der Waals surface area contributed by atoms with Crippen molar-refractivity contribution < 1.29 is 13.2 Å². The van der Waals surface area contributed by atoms with Gasteiger partial charge in [0.15, 0.2) is 5.82 Å². The van der Waals surface area contributed by atoms with Crippen LogP contribution < -0.4 is 11.3 Å². The maximum Gasteiger partial charge on any atom is 0.433 e. The van der Waals surface area contributed by atoms with Gasteiger partial charge in [-0.25, -0.2) is 10.1 Å². The summed E-state index contributed by atoms with van der Waals surface area (Å²) < 4.78 is 39.0. The van der Waals surface area contributed by atoms with Gasteiger partial charge < -0.3 is 5.73 Å². The Kier molecular flexibility index (Phi) is 4.35. The van der Waals surface area contributed by atoms with E-state index in [0.717, 1.165) is 12.1 Å². The number of hydrogen-bond donors (Lipinski definition) is 2. The third-order valence-corrected chi connectivity index (χ3v) is 2.48. The Balaban J connectivity index is 2.43. The van der Waals surface area contributed by atoms with Gasteiger partial charge in [-0.15, -0.1) is 0 Å². The van der Waals surface area contributed by atoms with Crippen LogP contribution in [0.1, 0.15) is 5.56 Å². The van der Waals surface area contributed by atoms with Crippen molar-refractivity contribution in [2.75, 3.05) is 0 Å². The fourth-order valence-electron chi connectivity index (χ4n) is 1.46. The number of aromatic nitrogens is 3. The van der Waals surface area contributed by atoms with Gasteiger partial charge in [0.1, 0.15) is 5.71 Å². The molecule has 0 spiro atoms. The summed E-state index contributed by atoms with van der Waals surface area (Å²) in [7, 11) is 0. The second-order valence-corrected chi connectivity index (χ2v) is 4.12. The quantitative estimate of drug-likeness (QED) is 0.845. The third-order valence-electron chi connectivity index (χ3n) is 2.48. The standard InChI is InChI=1S/C13H10F3N5O/c14-13(15,16)10(19-11-3-4-12(22)21-20-11)6-9(17)8-2-1-5-18-7-8/h1-7H,17H2,(H,21,22). The van der Waals surface area contributed by atoms with E-state index in [1.807, 2.05) is 5.10 Å². The van der Waals surface area contributed by atoms with E-state index >= 15 is 0 Å². The summed E-state index contributed by atoms with van der Waals surface area (Å²) in [6, 6.07) is 5.15. The van der Waals surface area contributed by atoms with Crippen molar-refractivity contribution in [1.82, 2.24) is 15.2 Å². The van der Waals surface area contributed by atoms with Crippen LogP contribution in [-0.4, -0.2) is 27.1 Å². The number of rotatable bonds is 3. The molecule has 0 aromatic carbocycles. The fraction of sp³-hybridized carbons (Fsp3) is 0.0769. The van der Waals surface area contributed by atoms with E-state index in [2.05, 4.69) is 15.1 Å². The Labute approximate surface area is 122 Å². The molecule has 0 unspecified atom stereocenters. The normalized spacial score (nSPS) is 13.2. The van der Waals surface area contributed by atoms with Gasteiger partial charge in [0, 0.05) is 29.7 Å². The van der Waals surface area contributed by atoms with Crippen LogP contribution in [0.25, 0.3) is 5.70 Å². The Morgan fingerprint density at radius 2 is 2.09 bits per heavy atom. The van der Waals surface area contributed by atoms with Crippen molar-refractivity contribution in [2.24, 2.45) is 10.7 Å². The lowest BCUT2D eigenvalue weighted by atomic mass is 10.2. The lowest BCUT2D eigenvalue weighted by Gasteiger charge is -2.08. The molecular weight excluding hydrogens is 299 g/mol. The van der Waals surface area contributed by atoms with E-state index in [1.165, 1.54) is 18.5 Å². The van der Waals surface area contributed by atoms with Gasteiger partial charge in [0.05, 0.1) is 0 Å². The maximum absolute atomic E-state index is 13.0. The molecule has 9 heteroatoms. The Bertz CT molecular complexity index is 745. The zero-order chi connectivity index (χ0) is 16.2. The number of allylic oxidation sites excluding steroid dienone is 1. The van der Waals surface area contributed by atoms with Crippen LogP contribution in [0.5, 0.6) is 0 Å². The molecule has 0 radical (unpaired) electrons. The number of aliphatic imine (C=N–C) groups is 1. The minimum absolute atomic E-state index is 0.145. The average molecular weight is 309 g/mol. The average Bonchev–Trinajstić information content (AvgIpc) is 2.48. The SMILES string of the molecule is NC(=CC(=Nc1ccc(=O)[nH]n1)C(F)(F)F)c1cccnc1. The molecule has 0 saturated heterocycles. The summed E-state index contributed by atoms with van der Waals surface area (Å²) in [6.07, 6.45) is -1.24. The first-order valence-corrected chi connectivity index (χ1v) is 5.95. The molecule has 0 aliphatic carbocycles. The lowest BCUT2D eigenvalue weighted by molar-refractivity contribution is -0.0576. The Morgan fingerprint density at radius 1 is 1.32 bits per heavy atom. The van der Waals surface area contributed by atoms with Crippen LogP contribution in [0.3, 0.4) is 0 Å². The topological polar surface area (TPSA) is 97.0 Å². The molecule has 0 aliphatic heterocycles. The van der Waals surface area contributed by atoms with Gasteiger partial charge in [-0.05, 0) is 24.3 Å². The second-order valence-electron chi connectivity index (χ2n) is 4.12. The summed E-state index contributed by atoms with van der Waals surface area (Å²) in [5.74, 6) is -0.290. The van der Waals surface area contributed by atoms with Crippen LogP contribution in [0, 0.1) is 0 Å². The minimum atomic E-state index is -4.73. The first kappa shape index (κ1) is 15.4. The molecule has 6 nitrogen and oxygen atoms in total. The monoisotopic (exact) mass is 309 g/mol. The first-order chi connectivity index (χ1) is 10.4. The summed E-state index contributed by atoms with van der Waals surface area (Å²) in [5.41, 5.74) is 4.03. The molecule has 114 valence electrons. The molecule has 0 bridgehead atoms. The highest BCUT2D eigenvalue weighted by Crippen LogP contribution is 2.22. The van der Waals surface area contributed by atoms with Gasteiger partial charge in [-0.3, -0.25) is 9.78 Å². The van der Waals surface area contributed by atoms with Gasteiger partial charge in [0.2, 0.25) is 0 Å². The van der Waals surface area contributed by atoms with E-state index in [1.54, 1.807) is 6.07 Å². The highest BCUT2D eigenvalue weighted by Gasteiger charge is 2.34. The molecule has 2 aromatic rings. The number of nitrogens with zero attached hydrogens (tertiary/aromatic N) is 3. The van der Waals surface area contributed by atoms with E-state index in [9.17, 15) is 18.0 Å². The Morgan fingerprint density at radius 3 is 2.64 bits per heavy atom. The number of halogens is 3. The summed E-state index contributed by atoms with van der Waals surface area (Å²) >= 11 is 0. The summed E-state index contributed by atoms with van der Waals surface area (Å²) in [6.45, 7) is 0. The number of nitrogens with two attached hydrogens (primary N) is 1.